The molecule has 2 rings (SSSR count). The predicted molar refractivity (Wildman–Crippen MR) is 83.0 cm³/mol. The maximum absolute atomic E-state index is 11.9. The predicted octanol–water partition coefficient (Wildman–Crippen LogP) is 3.02. The first-order valence-electron chi connectivity index (χ1n) is 6.63. The molecule has 1 aromatic heterocycles. The number of halogens is 1. The fourth-order valence-corrected chi connectivity index (χ4v) is 2.48. The number of ether oxygens (including phenoxy) is 1. The van der Waals surface area contributed by atoms with Gasteiger partial charge in [0.05, 0.1) is 12.7 Å². The average Bonchev–Trinajstić information content (AvgIpc) is 2.47. The maximum Gasteiger partial charge on any atom is 0.252 e. The summed E-state index contributed by atoms with van der Waals surface area (Å²) >= 11 is 6.07. The van der Waals surface area contributed by atoms with E-state index in [1.807, 2.05) is 19.1 Å². The number of aryl methyl sites for hydroxylation is 1. The molecule has 0 bridgehead atoms. The molecule has 0 aliphatic rings. The van der Waals surface area contributed by atoms with Crippen molar-refractivity contribution in [1.29, 1.82) is 0 Å². The van der Waals surface area contributed by atoms with Crippen molar-refractivity contribution >= 4 is 17.5 Å². The highest BCUT2D eigenvalue weighted by molar-refractivity contribution is 6.30. The smallest absolute Gasteiger partial charge is 0.252 e. The highest BCUT2D eigenvalue weighted by Crippen LogP contribution is 2.27. The van der Waals surface area contributed by atoms with Crippen LogP contribution in [0.4, 0.5) is 0 Å². The summed E-state index contributed by atoms with van der Waals surface area (Å²) in [6.45, 7) is 2.45. The molecule has 0 atom stereocenters. The Morgan fingerprint density at radius 2 is 2.24 bits per heavy atom. The molecule has 1 N–H and O–H groups in total. The van der Waals surface area contributed by atoms with E-state index in [1.165, 1.54) is 0 Å². The van der Waals surface area contributed by atoms with Crippen LogP contribution in [0.5, 0.6) is 5.75 Å². The molecule has 1 heterocycles. The van der Waals surface area contributed by atoms with Crippen molar-refractivity contribution in [2.24, 2.45) is 0 Å². The minimum absolute atomic E-state index is 0.138. The van der Waals surface area contributed by atoms with E-state index in [4.69, 9.17) is 16.3 Å². The molecule has 0 saturated heterocycles. The fourth-order valence-electron chi connectivity index (χ4n) is 2.19. The third kappa shape index (κ3) is 3.95. The zero-order valence-corrected chi connectivity index (χ0v) is 12.8. The number of nitrogens with zero attached hydrogens (tertiary/aromatic N) is 1. The van der Waals surface area contributed by atoms with Gasteiger partial charge >= 0.3 is 0 Å². The maximum atomic E-state index is 11.9. The molecule has 0 unspecified atom stereocenters. The molecular weight excluding hydrogens is 288 g/mol. The van der Waals surface area contributed by atoms with E-state index in [9.17, 15) is 4.79 Å². The number of amides is 1. The largest absolute Gasteiger partial charge is 0.496 e. The summed E-state index contributed by atoms with van der Waals surface area (Å²) < 4.78 is 5.39. The molecule has 2 aromatic rings. The van der Waals surface area contributed by atoms with E-state index < -0.39 is 0 Å². The Hall–Kier alpha value is -2.07. The second-order valence-corrected chi connectivity index (χ2v) is 5.10. The molecule has 0 aliphatic carbocycles. The van der Waals surface area contributed by atoms with Crippen molar-refractivity contribution in [2.45, 2.75) is 13.3 Å². The van der Waals surface area contributed by atoms with Crippen LogP contribution in [0, 0.1) is 6.92 Å². The topological polar surface area (TPSA) is 51.2 Å². The van der Waals surface area contributed by atoms with E-state index in [0.29, 0.717) is 23.6 Å². The molecule has 0 radical (unpaired) electrons. The van der Waals surface area contributed by atoms with Gasteiger partial charge < -0.3 is 10.1 Å². The van der Waals surface area contributed by atoms with Gasteiger partial charge in [0.25, 0.3) is 5.91 Å². The van der Waals surface area contributed by atoms with Gasteiger partial charge in [-0.15, -0.1) is 0 Å². The van der Waals surface area contributed by atoms with Gasteiger partial charge in [-0.2, -0.15) is 0 Å². The Bertz CT molecular complexity index is 630. The van der Waals surface area contributed by atoms with Crippen LogP contribution in [-0.4, -0.2) is 24.5 Å². The van der Waals surface area contributed by atoms with Crippen LogP contribution in [0.25, 0.3) is 0 Å². The fraction of sp³-hybridized carbons (Fsp3) is 0.250. The number of hydrogen-bond acceptors (Lipinski definition) is 3. The summed E-state index contributed by atoms with van der Waals surface area (Å²) in [5.74, 6) is 0.677. The van der Waals surface area contributed by atoms with Gasteiger partial charge in [0, 0.05) is 24.0 Å². The first-order chi connectivity index (χ1) is 10.1. The average molecular weight is 305 g/mol. The summed E-state index contributed by atoms with van der Waals surface area (Å²) in [5.41, 5.74) is 2.51. The van der Waals surface area contributed by atoms with Crippen LogP contribution >= 0.6 is 11.6 Å². The number of rotatable bonds is 5. The van der Waals surface area contributed by atoms with Gasteiger partial charge in [0.1, 0.15) is 5.75 Å². The van der Waals surface area contributed by atoms with Gasteiger partial charge in [0.15, 0.2) is 0 Å². The number of carbonyl (C=O) groups excluding carboxylic acids is 1. The van der Waals surface area contributed by atoms with Crippen molar-refractivity contribution < 1.29 is 9.53 Å². The number of aromatic nitrogens is 1. The Kier molecular flexibility index (Phi) is 5.17. The lowest BCUT2D eigenvalue weighted by molar-refractivity contribution is 0.0953. The van der Waals surface area contributed by atoms with Crippen molar-refractivity contribution in [2.75, 3.05) is 13.7 Å². The molecule has 0 spiro atoms. The van der Waals surface area contributed by atoms with Crippen molar-refractivity contribution in [1.82, 2.24) is 10.3 Å². The lowest BCUT2D eigenvalue weighted by Gasteiger charge is -2.12. The second kappa shape index (κ2) is 7.09. The van der Waals surface area contributed by atoms with Crippen molar-refractivity contribution in [3.63, 3.8) is 0 Å². The monoisotopic (exact) mass is 304 g/mol. The normalized spacial score (nSPS) is 10.2. The molecule has 0 fully saturated rings. The third-order valence-electron chi connectivity index (χ3n) is 3.12. The lowest BCUT2D eigenvalue weighted by Crippen LogP contribution is -2.25. The Labute approximate surface area is 129 Å². The molecule has 5 heteroatoms. The molecular formula is C16H17ClN2O2. The molecule has 110 valence electrons. The summed E-state index contributed by atoms with van der Waals surface area (Å²) in [6.07, 6.45) is 3.83. The first kappa shape index (κ1) is 15.3. The number of benzene rings is 1. The first-order valence-corrected chi connectivity index (χ1v) is 7.01. The zero-order valence-electron chi connectivity index (χ0n) is 12.0. The van der Waals surface area contributed by atoms with E-state index in [2.05, 4.69) is 10.3 Å². The molecule has 1 aromatic carbocycles. The van der Waals surface area contributed by atoms with Crippen LogP contribution < -0.4 is 10.1 Å². The molecule has 0 saturated carbocycles. The van der Waals surface area contributed by atoms with Gasteiger partial charge in [-0.05, 0) is 48.7 Å². The molecule has 0 aliphatic heterocycles. The second-order valence-electron chi connectivity index (χ2n) is 4.66. The summed E-state index contributed by atoms with van der Waals surface area (Å²) in [5, 5.41) is 3.53. The minimum atomic E-state index is -0.138. The van der Waals surface area contributed by atoms with Crippen LogP contribution in [0.15, 0.2) is 36.7 Å². The number of methoxy groups -OCH3 is 1. The van der Waals surface area contributed by atoms with E-state index in [0.717, 1.165) is 16.9 Å². The Morgan fingerprint density at radius 1 is 1.43 bits per heavy atom. The van der Waals surface area contributed by atoms with Crippen LogP contribution in [-0.2, 0) is 6.42 Å². The SMILES string of the molecule is COc1c(C)cc(Cl)cc1CCNC(=O)c1cccnc1. The van der Waals surface area contributed by atoms with Crippen LogP contribution in [0.3, 0.4) is 0 Å². The van der Waals surface area contributed by atoms with Crippen molar-refractivity contribution in [3.8, 4) is 5.75 Å². The Balaban J connectivity index is 1.99. The quantitative estimate of drug-likeness (QED) is 0.924. The highest BCUT2D eigenvalue weighted by Gasteiger charge is 2.09. The van der Waals surface area contributed by atoms with Gasteiger partial charge in [0.2, 0.25) is 0 Å². The van der Waals surface area contributed by atoms with Crippen LogP contribution in [0.1, 0.15) is 21.5 Å². The van der Waals surface area contributed by atoms with Gasteiger partial charge in [-0.1, -0.05) is 11.6 Å². The standard InChI is InChI=1S/C16H17ClN2O2/c1-11-8-14(17)9-12(15(11)21-2)5-7-19-16(20)13-4-3-6-18-10-13/h3-4,6,8-10H,5,7H2,1-2H3,(H,19,20). The van der Waals surface area contributed by atoms with Gasteiger partial charge in [-0.3, -0.25) is 9.78 Å². The van der Waals surface area contributed by atoms with Gasteiger partial charge in [-0.25, -0.2) is 0 Å². The lowest BCUT2D eigenvalue weighted by atomic mass is 10.1. The van der Waals surface area contributed by atoms with E-state index >= 15 is 0 Å². The number of carbonyl (C=O) groups is 1. The minimum Gasteiger partial charge on any atom is -0.496 e. The molecule has 21 heavy (non-hydrogen) atoms. The van der Waals surface area contributed by atoms with E-state index in [-0.39, 0.29) is 5.91 Å². The number of pyridine rings is 1. The van der Waals surface area contributed by atoms with E-state index in [1.54, 1.807) is 31.6 Å². The number of hydrogen-bond donors (Lipinski definition) is 1. The highest BCUT2D eigenvalue weighted by atomic mass is 35.5. The number of nitrogens with one attached hydrogen (secondary N) is 1. The van der Waals surface area contributed by atoms with Crippen molar-refractivity contribution in [3.05, 3.63) is 58.4 Å². The van der Waals surface area contributed by atoms with Crippen LogP contribution in [0.2, 0.25) is 5.02 Å². The molecule has 4 nitrogen and oxygen atoms in total. The third-order valence-corrected chi connectivity index (χ3v) is 3.34. The summed E-state index contributed by atoms with van der Waals surface area (Å²) in [6, 6.07) is 7.19. The molecule has 1 amide bonds. The summed E-state index contributed by atoms with van der Waals surface area (Å²) in [4.78, 5) is 15.8. The summed E-state index contributed by atoms with van der Waals surface area (Å²) in [7, 11) is 1.63. The zero-order chi connectivity index (χ0) is 15.2. The Morgan fingerprint density at radius 3 is 2.90 bits per heavy atom.